The number of nitrogens with zero attached hydrogens (tertiary/aromatic N) is 1. The summed E-state index contributed by atoms with van der Waals surface area (Å²) in [7, 11) is 0. The lowest BCUT2D eigenvalue weighted by molar-refractivity contribution is -0.119. The fourth-order valence-corrected chi connectivity index (χ4v) is 4.39. The molecule has 0 radical (unpaired) electrons. The summed E-state index contributed by atoms with van der Waals surface area (Å²) in [6.45, 7) is 4.43. The van der Waals surface area contributed by atoms with Crippen molar-refractivity contribution in [2.45, 2.75) is 20.8 Å². The minimum Gasteiger partial charge on any atom is -0.452 e. The lowest BCUT2D eigenvalue weighted by atomic mass is 10.1. The number of ether oxygens (including phenoxy) is 1. The molecule has 7 nitrogen and oxygen atoms in total. The molecule has 0 aliphatic heterocycles. The van der Waals surface area contributed by atoms with E-state index in [4.69, 9.17) is 4.74 Å². The smallest absolute Gasteiger partial charge is 0.341 e. The zero-order chi connectivity index (χ0) is 21.8. The highest BCUT2D eigenvalue weighted by Gasteiger charge is 2.22. The number of esters is 1. The average Bonchev–Trinajstić information content (AvgIpc) is 3.25. The van der Waals surface area contributed by atoms with Gasteiger partial charge in [0.2, 0.25) is 5.91 Å². The van der Waals surface area contributed by atoms with Gasteiger partial charge in [0.15, 0.2) is 11.7 Å². The summed E-state index contributed by atoms with van der Waals surface area (Å²) >= 11 is 2.47. The predicted molar refractivity (Wildman–Crippen MR) is 115 cm³/mol. The number of thiophene rings is 1. The van der Waals surface area contributed by atoms with Crippen LogP contribution in [0.4, 0.5) is 14.5 Å². The first-order valence-corrected chi connectivity index (χ1v) is 10.5. The molecule has 1 aromatic carbocycles. The van der Waals surface area contributed by atoms with Crippen LogP contribution in [-0.4, -0.2) is 29.4 Å². The van der Waals surface area contributed by atoms with Crippen molar-refractivity contribution in [3.05, 3.63) is 51.5 Å². The number of benzene rings is 1. The third-order valence-electron chi connectivity index (χ3n) is 4.10. The lowest BCUT2D eigenvalue weighted by Crippen LogP contribution is -2.21. The summed E-state index contributed by atoms with van der Waals surface area (Å²) in [5.74, 6) is -1.89. The summed E-state index contributed by atoms with van der Waals surface area (Å²) in [6.07, 6.45) is 0. The Morgan fingerprint density at radius 2 is 1.83 bits per heavy atom. The predicted octanol–water partition coefficient (Wildman–Crippen LogP) is 4.38. The Balaban J connectivity index is 1.61. The van der Waals surface area contributed by atoms with Crippen molar-refractivity contribution in [1.82, 2.24) is 4.98 Å². The minimum absolute atomic E-state index is 0.244. The highest BCUT2D eigenvalue weighted by Crippen LogP contribution is 2.33. The number of aryl methyl sites for hydroxylation is 1. The van der Waals surface area contributed by atoms with Gasteiger partial charge in [0, 0.05) is 22.7 Å². The van der Waals surface area contributed by atoms with Gasteiger partial charge in [-0.1, -0.05) is 0 Å². The molecule has 0 spiro atoms. The van der Waals surface area contributed by atoms with E-state index >= 15 is 0 Å². The maximum absolute atomic E-state index is 13.0. The summed E-state index contributed by atoms with van der Waals surface area (Å²) in [5.41, 5.74) is 2.25. The SMILES string of the molecule is CC(=O)Nc1sc(C)c(C)c1C(=O)OCC(=O)Nc1nc(-c2ccc(F)cc2)cs1. The quantitative estimate of drug-likeness (QED) is 0.547. The lowest BCUT2D eigenvalue weighted by Gasteiger charge is -2.07. The molecule has 3 rings (SSSR count). The molecule has 2 N–H and O–H groups in total. The Kier molecular flexibility index (Phi) is 6.58. The van der Waals surface area contributed by atoms with E-state index in [1.165, 1.54) is 41.7 Å². The first-order chi connectivity index (χ1) is 14.2. The van der Waals surface area contributed by atoms with Crippen LogP contribution in [-0.2, 0) is 14.3 Å². The number of halogens is 1. The number of hydrogen-bond donors (Lipinski definition) is 2. The van der Waals surface area contributed by atoms with Gasteiger partial charge in [0.25, 0.3) is 5.91 Å². The maximum atomic E-state index is 13.0. The summed E-state index contributed by atoms with van der Waals surface area (Å²) in [5, 5.41) is 7.63. The number of thiazole rings is 1. The van der Waals surface area contributed by atoms with Crippen molar-refractivity contribution in [2.75, 3.05) is 17.2 Å². The third-order valence-corrected chi connectivity index (χ3v) is 5.98. The van der Waals surface area contributed by atoms with E-state index < -0.39 is 18.5 Å². The van der Waals surface area contributed by atoms with Crippen LogP contribution in [0.15, 0.2) is 29.6 Å². The number of anilines is 2. The molecule has 10 heteroatoms. The second kappa shape index (κ2) is 9.14. The Morgan fingerprint density at radius 1 is 1.13 bits per heavy atom. The molecule has 2 amide bonds. The van der Waals surface area contributed by atoms with Gasteiger partial charge in [-0.15, -0.1) is 22.7 Å². The standard InChI is InChI=1S/C20H18FN3O4S2/c1-10-11(2)30-18(22-12(3)25)17(10)19(27)28-8-16(26)24-20-23-15(9-29-20)13-4-6-14(21)7-5-13/h4-7,9H,8H2,1-3H3,(H,22,25)(H,23,24,26). The monoisotopic (exact) mass is 447 g/mol. The van der Waals surface area contributed by atoms with Gasteiger partial charge in [-0.25, -0.2) is 14.2 Å². The molecular weight excluding hydrogens is 429 g/mol. The molecule has 0 saturated heterocycles. The van der Waals surface area contributed by atoms with E-state index in [-0.39, 0.29) is 17.3 Å². The van der Waals surface area contributed by atoms with Crippen LogP contribution in [0.3, 0.4) is 0 Å². The number of amides is 2. The van der Waals surface area contributed by atoms with Crippen LogP contribution in [0.2, 0.25) is 0 Å². The van der Waals surface area contributed by atoms with Gasteiger partial charge in [-0.3, -0.25) is 14.9 Å². The topological polar surface area (TPSA) is 97.4 Å². The first kappa shape index (κ1) is 21.6. The zero-order valence-corrected chi connectivity index (χ0v) is 18.0. The molecule has 2 aromatic heterocycles. The van der Waals surface area contributed by atoms with Crippen LogP contribution in [0, 0.1) is 19.7 Å². The maximum Gasteiger partial charge on any atom is 0.341 e. The fraction of sp³-hybridized carbons (Fsp3) is 0.200. The number of hydrogen-bond acceptors (Lipinski definition) is 7. The Bertz CT molecular complexity index is 1110. The highest BCUT2D eigenvalue weighted by molar-refractivity contribution is 7.16. The molecule has 3 aromatic rings. The van der Waals surface area contributed by atoms with Gasteiger partial charge in [0.05, 0.1) is 11.3 Å². The number of aromatic nitrogens is 1. The number of carbonyl (C=O) groups is 3. The third kappa shape index (κ3) is 5.08. The van der Waals surface area contributed by atoms with Gasteiger partial charge in [0.1, 0.15) is 10.8 Å². The number of nitrogens with one attached hydrogen (secondary N) is 2. The van der Waals surface area contributed by atoms with Crippen molar-refractivity contribution in [3.8, 4) is 11.3 Å². The molecule has 2 heterocycles. The Morgan fingerprint density at radius 3 is 2.50 bits per heavy atom. The van der Waals surface area contributed by atoms with Gasteiger partial charge < -0.3 is 10.1 Å². The zero-order valence-electron chi connectivity index (χ0n) is 16.4. The molecule has 0 fully saturated rings. The molecule has 0 aliphatic carbocycles. The normalized spacial score (nSPS) is 10.5. The van der Waals surface area contributed by atoms with E-state index in [1.54, 1.807) is 24.4 Å². The fourth-order valence-electron chi connectivity index (χ4n) is 2.56. The molecular formula is C20H18FN3O4S2. The summed E-state index contributed by atoms with van der Waals surface area (Å²) in [4.78, 5) is 41.1. The Labute approximate surface area is 179 Å². The summed E-state index contributed by atoms with van der Waals surface area (Å²) in [6, 6.07) is 5.84. The average molecular weight is 448 g/mol. The van der Waals surface area contributed by atoms with Crippen molar-refractivity contribution in [2.24, 2.45) is 0 Å². The first-order valence-electron chi connectivity index (χ1n) is 8.80. The molecule has 0 atom stereocenters. The number of rotatable bonds is 6. The summed E-state index contributed by atoms with van der Waals surface area (Å²) < 4.78 is 18.2. The Hall–Kier alpha value is -3.11. The molecule has 0 bridgehead atoms. The minimum atomic E-state index is -0.693. The molecule has 30 heavy (non-hydrogen) atoms. The van der Waals surface area contributed by atoms with E-state index in [2.05, 4.69) is 15.6 Å². The van der Waals surface area contributed by atoms with Crippen LogP contribution >= 0.6 is 22.7 Å². The van der Waals surface area contributed by atoms with Crippen LogP contribution in [0.5, 0.6) is 0 Å². The second-order valence-electron chi connectivity index (χ2n) is 6.34. The van der Waals surface area contributed by atoms with E-state index in [0.717, 1.165) is 4.88 Å². The van der Waals surface area contributed by atoms with Crippen LogP contribution < -0.4 is 10.6 Å². The van der Waals surface area contributed by atoms with Gasteiger partial charge in [-0.2, -0.15) is 0 Å². The van der Waals surface area contributed by atoms with Crippen molar-refractivity contribution >= 4 is 50.6 Å². The largest absolute Gasteiger partial charge is 0.452 e. The second-order valence-corrected chi connectivity index (χ2v) is 8.42. The van der Waals surface area contributed by atoms with Gasteiger partial charge >= 0.3 is 5.97 Å². The van der Waals surface area contributed by atoms with Crippen molar-refractivity contribution in [3.63, 3.8) is 0 Å². The number of carbonyl (C=O) groups excluding carboxylic acids is 3. The van der Waals surface area contributed by atoms with E-state index in [9.17, 15) is 18.8 Å². The molecule has 0 saturated carbocycles. The van der Waals surface area contributed by atoms with E-state index in [1.807, 2.05) is 6.92 Å². The molecule has 156 valence electrons. The van der Waals surface area contributed by atoms with Crippen LogP contribution in [0.25, 0.3) is 11.3 Å². The van der Waals surface area contributed by atoms with Gasteiger partial charge in [-0.05, 0) is 43.7 Å². The molecule has 0 aliphatic rings. The van der Waals surface area contributed by atoms with Crippen LogP contribution in [0.1, 0.15) is 27.7 Å². The van der Waals surface area contributed by atoms with Crippen molar-refractivity contribution < 1.29 is 23.5 Å². The highest BCUT2D eigenvalue weighted by atomic mass is 32.1. The van der Waals surface area contributed by atoms with Crippen molar-refractivity contribution in [1.29, 1.82) is 0 Å². The molecule has 0 unspecified atom stereocenters. The van der Waals surface area contributed by atoms with E-state index in [0.29, 0.717) is 27.0 Å².